The molecule has 0 bridgehead atoms. The molecule has 1 aliphatic rings. The summed E-state index contributed by atoms with van der Waals surface area (Å²) in [6, 6.07) is 13.9. The standard InChI is InChI=1S/C23H25ClN2O2/c1-15-16(2)26(14-17-5-8-19(24)9-6-17)22-10-7-18(12-21(15)22)23(27)25-13-20-4-3-11-28-20/h5-10,12,20H,3-4,11,13-14H2,1-2H3,(H,25,27)/t20-/m0/s1. The number of nitrogens with zero attached hydrogens (tertiary/aromatic N) is 1. The van der Waals surface area contributed by atoms with Gasteiger partial charge in [0.15, 0.2) is 0 Å². The number of benzene rings is 2. The molecule has 1 atom stereocenters. The Balaban J connectivity index is 1.58. The second-order valence-corrected chi connectivity index (χ2v) is 7.94. The molecule has 0 unspecified atom stereocenters. The van der Waals surface area contributed by atoms with E-state index < -0.39 is 0 Å². The molecule has 1 amide bonds. The van der Waals surface area contributed by atoms with Crippen molar-refractivity contribution in [2.75, 3.05) is 13.2 Å². The summed E-state index contributed by atoms with van der Waals surface area (Å²) >= 11 is 6.01. The summed E-state index contributed by atoms with van der Waals surface area (Å²) in [5, 5.41) is 4.87. The van der Waals surface area contributed by atoms with E-state index in [-0.39, 0.29) is 12.0 Å². The van der Waals surface area contributed by atoms with Gasteiger partial charge in [-0.3, -0.25) is 4.79 Å². The minimum atomic E-state index is -0.0418. The van der Waals surface area contributed by atoms with E-state index in [1.807, 2.05) is 30.3 Å². The number of fused-ring (bicyclic) bond motifs is 1. The molecule has 0 aliphatic carbocycles. The van der Waals surface area contributed by atoms with E-state index >= 15 is 0 Å². The van der Waals surface area contributed by atoms with Gasteiger partial charge >= 0.3 is 0 Å². The third-order valence-corrected chi connectivity index (χ3v) is 5.92. The molecular formula is C23H25ClN2O2. The number of ether oxygens (including phenoxy) is 1. The molecule has 2 heterocycles. The molecule has 146 valence electrons. The molecule has 4 nitrogen and oxygen atoms in total. The fourth-order valence-corrected chi connectivity index (χ4v) is 4.01. The maximum atomic E-state index is 12.6. The average Bonchev–Trinajstić information content (AvgIpc) is 3.31. The van der Waals surface area contributed by atoms with Gasteiger partial charge in [0.25, 0.3) is 5.91 Å². The number of hydrogen-bond donors (Lipinski definition) is 1. The first-order valence-corrected chi connectivity index (χ1v) is 10.1. The zero-order chi connectivity index (χ0) is 19.7. The summed E-state index contributed by atoms with van der Waals surface area (Å²) in [7, 11) is 0. The summed E-state index contributed by atoms with van der Waals surface area (Å²) < 4.78 is 7.88. The molecule has 0 spiro atoms. The van der Waals surface area contributed by atoms with Crippen LogP contribution in [0.25, 0.3) is 10.9 Å². The highest BCUT2D eigenvalue weighted by molar-refractivity contribution is 6.30. The number of aryl methyl sites for hydroxylation is 1. The topological polar surface area (TPSA) is 43.3 Å². The van der Waals surface area contributed by atoms with Gasteiger partial charge in [0.2, 0.25) is 0 Å². The predicted molar refractivity (Wildman–Crippen MR) is 113 cm³/mol. The third kappa shape index (κ3) is 3.80. The van der Waals surface area contributed by atoms with E-state index in [9.17, 15) is 4.79 Å². The second-order valence-electron chi connectivity index (χ2n) is 7.50. The predicted octanol–water partition coefficient (Wildman–Crippen LogP) is 4.87. The summed E-state index contributed by atoms with van der Waals surface area (Å²) in [4.78, 5) is 12.6. The molecule has 0 radical (unpaired) electrons. The van der Waals surface area contributed by atoms with Gasteiger partial charge in [-0.05, 0) is 68.1 Å². The minimum absolute atomic E-state index is 0.0418. The van der Waals surface area contributed by atoms with Crippen molar-refractivity contribution in [1.82, 2.24) is 9.88 Å². The lowest BCUT2D eigenvalue weighted by atomic mass is 10.1. The molecule has 4 rings (SSSR count). The number of hydrogen-bond acceptors (Lipinski definition) is 2. The first-order chi connectivity index (χ1) is 13.5. The highest BCUT2D eigenvalue weighted by atomic mass is 35.5. The lowest BCUT2D eigenvalue weighted by Crippen LogP contribution is -2.31. The van der Waals surface area contributed by atoms with Crippen molar-refractivity contribution >= 4 is 28.4 Å². The minimum Gasteiger partial charge on any atom is -0.376 e. The first kappa shape index (κ1) is 19.0. The number of carbonyl (C=O) groups excluding carboxylic acids is 1. The lowest BCUT2D eigenvalue weighted by molar-refractivity contribution is 0.0858. The first-order valence-electron chi connectivity index (χ1n) is 9.76. The zero-order valence-electron chi connectivity index (χ0n) is 16.3. The summed E-state index contributed by atoms with van der Waals surface area (Å²) in [5.74, 6) is -0.0418. The Morgan fingerprint density at radius 3 is 2.71 bits per heavy atom. The van der Waals surface area contributed by atoms with Crippen molar-refractivity contribution in [2.45, 2.75) is 39.3 Å². The molecule has 5 heteroatoms. The van der Waals surface area contributed by atoms with Gasteiger partial charge in [-0.2, -0.15) is 0 Å². The fraction of sp³-hybridized carbons (Fsp3) is 0.348. The Labute approximate surface area is 170 Å². The molecule has 1 saturated heterocycles. The number of rotatable bonds is 5. The van der Waals surface area contributed by atoms with Gasteiger partial charge in [-0.25, -0.2) is 0 Å². The van der Waals surface area contributed by atoms with Crippen LogP contribution in [0.2, 0.25) is 5.02 Å². The normalized spacial score (nSPS) is 16.6. The summed E-state index contributed by atoms with van der Waals surface area (Å²) in [6.07, 6.45) is 2.24. The maximum absolute atomic E-state index is 12.6. The second kappa shape index (κ2) is 7.98. The molecule has 28 heavy (non-hydrogen) atoms. The number of halogens is 1. The molecule has 1 aliphatic heterocycles. The fourth-order valence-electron chi connectivity index (χ4n) is 3.88. The van der Waals surface area contributed by atoms with Crippen molar-refractivity contribution in [1.29, 1.82) is 0 Å². The van der Waals surface area contributed by atoms with E-state index in [0.29, 0.717) is 12.1 Å². The van der Waals surface area contributed by atoms with Crippen molar-refractivity contribution in [3.8, 4) is 0 Å². The largest absolute Gasteiger partial charge is 0.376 e. The number of nitrogens with one attached hydrogen (secondary N) is 1. The van der Waals surface area contributed by atoms with Gasteiger partial charge in [0, 0.05) is 46.9 Å². The maximum Gasteiger partial charge on any atom is 0.251 e. The Kier molecular flexibility index (Phi) is 5.42. The van der Waals surface area contributed by atoms with Crippen LogP contribution in [0.1, 0.15) is 40.0 Å². The van der Waals surface area contributed by atoms with Crippen molar-refractivity contribution in [3.63, 3.8) is 0 Å². The van der Waals surface area contributed by atoms with Gasteiger partial charge in [0.05, 0.1) is 6.10 Å². The Morgan fingerprint density at radius 2 is 2.00 bits per heavy atom. The van der Waals surface area contributed by atoms with Crippen LogP contribution >= 0.6 is 11.6 Å². The van der Waals surface area contributed by atoms with Crippen LogP contribution < -0.4 is 5.32 Å². The Bertz CT molecular complexity index is 1000. The smallest absolute Gasteiger partial charge is 0.251 e. The molecule has 1 N–H and O–H groups in total. The summed E-state index contributed by atoms with van der Waals surface area (Å²) in [5.41, 5.74) is 5.44. The molecule has 0 saturated carbocycles. The van der Waals surface area contributed by atoms with Crippen molar-refractivity contribution < 1.29 is 9.53 Å². The van der Waals surface area contributed by atoms with Crippen LogP contribution in [0, 0.1) is 13.8 Å². The SMILES string of the molecule is Cc1c(C)n(Cc2ccc(Cl)cc2)c2ccc(C(=O)NC[C@@H]3CCCO3)cc12. The highest BCUT2D eigenvalue weighted by Gasteiger charge is 2.18. The van der Waals surface area contributed by atoms with Gasteiger partial charge in [-0.1, -0.05) is 23.7 Å². The van der Waals surface area contributed by atoms with Crippen molar-refractivity contribution in [3.05, 3.63) is 69.9 Å². The third-order valence-electron chi connectivity index (χ3n) is 5.67. The Morgan fingerprint density at radius 1 is 1.21 bits per heavy atom. The average molecular weight is 397 g/mol. The van der Waals surface area contributed by atoms with Crippen LogP contribution in [0.5, 0.6) is 0 Å². The van der Waals surface area contributed by atoms with Crippen LogP contribution in [0.3, 0.4) is 0 Å². The highest BCUT2D eigenvalue weighted by Crippen LogP contribution is 2.27. The van der Waals surface area contributed by atoms with Crippen LogP contribution in [0.4, 0.5) is 0 Å². The van der Waals surface area contributed by atoms with E-state index in [2.05, 4.69) is 35.9 Å². The number of aromatic nitrogens is 1. The number of carbonyl (C=O) groups is 1. The lowest BCUT2D eigenvalue weighted by Gasteiger charge is -2.11. The number of amides is 1. The molecular weight excluding hydrogens is 372 g/mol. The van der Waals surface area contributed by atoms with E-state index in [1.54, 1.807) is 0 Å². The monoisotopic (exact) mass is 396 g/mol. The van der Waals surface area contributed by atoms with Gasteiger partial charge in [-0.15, -0.1) is 0 Å². The van der Waals surface area contributed by atoms with E-state index in [1.165, 1.54) is 16.8 Å². The molecule has 2 aromatic carbocycles. The van der Waals surface area contributed by atoms with Gasteiger partial charge in [0.1, 0.15) is 0 Å². The Hall–Kier alpha value is -2.30. The van der Waals surface area contributed by atoms with Crippen LogP contribution in [0.15, 0.2) is 42.5 Å². The quantitative estimate of drug-likeness (QED) is 0.668. The van der Waals surface area contributed by atoms with Crippen LogP contribution in [-0.4, -0.2) is 29.7 Å². The van der Waals surface area contributed by atoms with E-state index in [0.717, 1.165) is 41.9 Å². The van der Waals surface area contributed by atoms with Crippen molar-refractivity contribution in [2.24, 2.45) is 0 Å². The zero-order valence-corrected chi connectivity index (χ0v) is 17.1. The molecule has 1 fully saturated rings. The summed E-state index contributed by atoms with van der Waals surface area (Å²) in [6.45, 7) is 6.39. The molecule has 1 aromatic heterocycles. The molecule has 3 aromatic rings. The van der Waals surface area contributed by atoms with Crippen LogP contribution in [-0.2, 0) is 11.3 Å². The van der Waals surface area contributed by atoms with E-state index in [4.69, 9.17) is 16.3 Å². The van der Waals surface area contributed by atoms with Gasteiger partial charge < -0.3 is 14.6 Å².